The van der Waals surface area contributed by atoms with Crippen LogP contribution in [-0.4, -0.2) is 73.4 Å². The molecule has 3 N–H and O–H groups in total. The van der Waals surface area contributed by atoms with E-state index in [2.05, 4.69) is 19.2 Å². The first-order valence-corrected chi connectivity index (χ1v) is 28.6. The first-order valence-electron chi connectivity index (χ1n) is 27.1. The molecule has 0 bridgehead atoms. The summed E-state index contributed by atoms with van der Waals surface area (Å²) in [4.78, 5) is 23.1. The number of likely N-dealkylation sites (N-methyl/N-ethyl adjacent to an activating group) is 1. The topological polar surface area (TPSA) is 105 Å². The molecule has 370 valence electrons. The highest BCUT2D eigenvalue weighted by molar-refractivity contribution is 7.47. The number of aliphatic hydroxyl groups is 1. The van der Waals surface area contributed by atoms with E-state index in [1.807, 2.05) is 27.2 Å². The maximum atomic E-state index is 12.8. The maximum absolute atomic E-state index is 12.8. The molecule has 0 heterocycles. The van der Waals surface area contributed by atoms with E-state index in [0.717, 1.165) is 32.1 Å². The second-order valence-electron chi connectivity index (χ2n) is 20.0. The van der Waals surface area contributed by atoms with Crippen LogP contribution in [0.3, 0.4) is 0 Å². The minimum atomic E-state index is -4.33. The number of amides is 1. The Morgan fingerprint density at radius 1 is 0.532 bits per heavy atom. The van der Waals surface area contributed by atoms with Crippen molar-refractivity contribution in [3.8, 4) is 0 Å². The van der Waals surface area contributed by atoms with Gasteiger partial charge in [-0.05, 0) is 19.3 Å². The molecule has 0 spiro atoms. The minimum Gasteiger partial charge on any atom is -0.387 e. The van der Waals surface area contributed by atoms with Gasteiger partial charge in [0.25, 0.3) is 0 Å². The van der Waals surface area contributed by atoms with Crippen LogP contribution in [0.2, 0.25) is 0 Å². The Labute approximate surface area is 386 Å². The fourth-order valence-electron chi connectivity index (χ4n) is 8.22. The molecule has 9 heteroatoms. The Balaban J connectivity index is 3.98. The van der Waals surface area contributed by atoms with Gasteiger partial charge in [0.05, 0.1) is 39.9 Å². The first kappa shape index (κ1) is 61.2. The molecule has 0 fully saturated rings. The molecule has 0 rings (SSSR count). The van der Waals surface area contributed by atoms with Crippen molar-refractivity contribution in [1.82, 2.24) is 5.32 Å². The van der Waals surface area contributed by atoms with Crippen LogP contribution in [-0.2, 0) is 18.4 Å². The van der Waals surface area contributed by atoms with Gasteiger partial charge in [0.15, 0.2) is 0 Å². The summed E-state index contributed by atoms with van der Waals surface area (Å²) in [5, 5.41) is 13.8. The van der Waals surface area contributed by atoms with Gasteiger partial charge in [-0.15, -0.1) is 0 Å². The zero-order valence-electron chi connectivity index (χ0n) is 42.1. The fraction of sp³-hybridized carbons (Fsp3) is 0.943. The molecule has 0 aromatic carbocycles. The van der Waals surface area contributed by atoms with E-state index < -0.39 is 20.0 Å². The quantitative estimate of drug-likeness (QED) is 0.0243. The van der Waals surface area contributed by atoms with Crippen molar-refractivity contribution in [2.75, 3.05) is 40.9 Å². The second-order valence-corrected chi connectivity index (χ2v) is 21.4. The van der Waals surface area contributed by atoms with Crippen LogP contribution in [0, 0.1) is 0 Å². The van der Waals surface area contributed by atoms with Gasteiger partial charge in [0.1, 0.15) is 13.2 Å². The predicted molar refractivity (Wildman–Crippen MR) is 268 cm³/mol. The summed E-state index contributed by atoms with van der Waals surface area (Å²) in [7, 11) is 1.58. The van der Waals surface area contributed by atoms with Crippen LogP contribution < -0.4 is 5.32 Å². The normalized spacial score (nSPS) is 14.1. The van der Waals surface area contributed by atoms with Crippen LogP contribution in [0.15, 0.2) is 12.2 Å². The molecule has 8 nitrogen and oxygen atoms in total. The number of quaternary nitrogens is 1. The summed E-state index contributed by atoms with van der Waals surface area (Å²) < 4.78 is 23.6. The number of phosphoric ester groups is 1. The molecule has 0 aliphatic carbocycles. The number of hydrogen-bond donors (Lipinski definition) is 3. The van der Waals surface area contributed by atoms with Crippen molar-refractivity contribution in [3.05, 3.63) is 12.2 Å². The monoisotopic (exact) mass is 900 g/mol. The number of allylic oxidation sites excluding steroid dienone is 1. The zero-order valence-corrected chi connectivity index (χ0v) is 43.0. The van der Waals surface area contributed by atoms with Crippen LogP contribution in [0.25, 0.3) is 0 Å². The Kier molecular flexibility index (Phi) is 44.8. The van der Waals surface area contributed by atoms with E-state index in [9.17, 15) is 19.4 Å². The van der Waals surface area contributed by atoms with Crippen LogP contribution in [0.4, 0.5) is 0 Å². The first-order chi connectivity index (χ1) is 30.0. The van der Waals surface area contributed by atoms with E-state index in [1.54, 1.807) is 6.08 Å². The van der Waals surface area contributed by atoms with Crippen LogP contribution >= 0.6 is 7.82 Å². The number of nitrogens with zero attached hydrogens (tertiary/aromatic N) is 1. The van der Waals surface area contributed by atoms with Gasteiger partial charge >= 0.3 is 7.82 Å². The van der Waals surface area contributed by atoms with Gasteiger partial charge in [-0.2, -0.15) is 0 Å². The summed E-state index contributed by atoms with van der Waals surface area (Å²) in [6.07, 6.45) is 54.8. The van der Waals surface area contributed by atoms with E-state index >= 15 is 0 Å². The Hall–Kier alpha value is -0.760. The summed E-state index contributed by atoms with van der Waals surface area (Å²) in [6, 6.07) is -0.840. The Morgan fingerprint density at radius 2 is 0.855 bits per heavy atom. The SMILES string of the molecule is CCCCCCCCCCCCCCCCCCCCCCCCCCCCCCC/C=C/C(O)C(COP(=O)(O)OCC[N+](C)(C)C)NC(=O)CCCCCCCCCCC. The number of carbonyl (C=O) groups is 1. The van der Waals surface area contributed by atoms with Gasteiger partial charge in [-0.3, -0.25) is 13.8 Å². The lowest BCUT2D eigenvalue weighted by Crippen LogP contribution is -2.45. The molecular weight excluding hydrogens is 792 g/mol. The van der Waals surface area contributed by atoms with Gasteiger partial charge in [0, 0.05) is 6.42 Å². The van der Waals surface area contributed by atoms with E-state index in [-0.39, 0.29) is 19.1 Å². The highest BCUT2D eigenvalue weighted by atomic mass is 31.2. The summed E-state index contributed by atoms with van der Waals surface area (Å²) in [6.45, 7) is 4.82. The highest BCUT2D eigenvalue weighted by Gasteiger charge is 2.27. The van der Waals surface area contributed by atoms with Crippen LogP contribution in [0.1, 0.15) is 271 Å². The number of aliphatic hydroxyl groups excluding tert-OH is 1. The molecule has 0 aliphatic rings. The van der Waals surface area contributed by atoms with E-state index in [1.165, 1.54) is 218 Å². The van der Waals surface area contributed by atoms with Gasteiger partial charge in [0.2, 0.25) is 5.91 Å². The van der Waals surface area contributed by atoms with Gasteiger partial charge in [-0.1, -0.05) is 257 Å². The molecule has 0 saturated heterocycles. The summed E-state index contributed by atoms with van der Waals surface area (Å²) in [5.41, 5.74) is 0. The lowest BCUT2D eigenvalue weighted by atomic mass is 10.0. The standard InChI is InChI=1S/C53H107N2O6P/c1-6-8-10-12-14-16-17-18-19-20-21-22-23-24-25-26-27-28-29-30-31-32-33-34-35-36-37-39-40-42-44-46-52(56)51(50-61-62(58,59)60-49-48-55(3,4)5)54-53(57)47-45-43-41-38-15-13-11-9-7-2/h44,46,51-52,56H,6-43,45,47-50H2,1-5H3,(H-,54,57,58,59)/p+1/b46-44+. The Bertz CT molecular complexity index is 1020. The molecule has 3 unspecified atom stereocenters. The van der Waals surface area contributed by atoms with Crippen molar-refractivity contribution >= 4 is 13.7 Å². The number of phosphoric acid groups is 1. The molecular formula is C53H108N2O6P+. The lowest BCUT2D eigenvalue weighted by molar-refractivity contribution is -0.870. The van der Waals surface area contributed by atoms with Crippen molar-refractivity contribution in [3.63, 3.8) is 0 Å². The average Bonchev–Trinajstić information content (AvgIpc) is 3.23. The van der Waals surface area contributed by atoms with Crippen molar-refractivity contribution < 1.29 is 32.9 Å². The third-order valence-corrected chi connectivity index (χ3v) is 13.5. The number of rotatable bonds is 50. The summed E-state index contributed by atoms with van der Waals surface area (Å²) in [5.74, 6) is -0.177. The summed E-state index contributed by atoms with van der Waals surface area (Å²) >= 11 is 0. The van der Waals surface area contributed by atoms with E-state index in [0.29, 0.717) is 17.4 Å². The van der Waals surface area contributed by atoms with Crippen molar-refractivity contribution in [2.45, 2.75) is 283 Å². The third-order valence-electron chi connectivity index (χ3n) is 12.5. The molecule has 3 atom stereocenters. The average molecular weight is 900 g/mol. The van der Waals surface area contributed by atoms with E-state index in [4.69, 9.17) is 9.05 Å². The van der Waals surface area contributed by atoms with Crippen LogP contribution in [0.5, 0.6) is 0 Å². The van der Waals surface area contributed by atoms with Crippen molar-refractivity contribution in [2.24, 2.45) is 0 Å². The van der Waals surface area contributed by atoms with Gasteiger partial charge in [-0.25, -0.2) is 4.57 Å². The number of carbonyl (C=O) groups excluding carboxylic acids is 1. The fourth-order valence-corrected chi connectivity index (χ4v) is 8.96. The van der Waals surface area contributed by atoms with Crippen molar-refractivity contribution in [1.29, 1.82) is 0 Å². The predicted octanol–water partition coefficient (Wildman–Crippen LogP) is 15.9. The van der Waals surface area contributed by atoms with Gasteiger partial charge < -0.3 is 19.8 Å². The molecule has 0 aliphatic heterocycles. The number of unbranched alkanes of at least 4 members (excludes halogenated alkanes) is 37. The smallest absolute Gasteiger partial charge is 0.387 e. The number of hydrogen-bond acceptors (Lipinski definition) is 5. The second kappa shape index (κ2) is 45.4. The molecule has 0 aromatic heterocycles. The largest absolute Gasteiger partial charge is 0.472 e. The highest BCUT2D eigenvalue weighted by Crippen LogP contribution is 2.43. The number of nitrogens with one attached hydrogen (secondary N) is 1. The molecule has 0 aromatic rings. The minimum absolute atomic E-state index is 0.0645. The zero-order chi connectivity index (χ0) is 45.7. The molecule has 0 radical (unpaired) electrons. The molecule has 0 saturated carbocycles. The molecule has 62 heavy (non-hydrogen) atoms. The lowest BCUT2D eigenvalue weighted by Gasteiger charge is -2.25. The third kappa shape index (κ3) is 47.2. The molecule has 1 amide bonds. The maximum Gasteiger partial charge on any atom is 0.472 e. The Morgan fingerprint density at radius 3 is 1.19 bits per heavy atom.